The van der Waals surface area contributed by atoms with Crippen LogP contribution >= 0.6 is 12.2 Å². The van der Waals surface area contributed by atoms with E-state index < -0.39 is 11.8 Å². The topological polar surface area (TPSA) is 67.2 Å². The Balaban J connectivity index is 2.04. The van der Waals surface area contributed by atoms with Crippen molar-refractivity contribution in [2.45, 2.75) is 20.8 Å². The summed E-state index contributed by atoms with van der Waals surface area (Å²) >= 11 is 5.08. The van der Waals surface area contributed by atoms with E-state index in [-0.39, 0.29) is 17.2 Å². The number of aromatic nitrogens is 2. The Labute approximate surface area is 163 Å². The van der Waals surface area contributed by atoms with Crippen LogP contribution in [0.3, 0.4) is 0 Å². The summed E-state index contributed by atoms with van der Waals surface area (Å²) in [5, 5.41) is 2.65. The number of aryl methyl sites for hydroxylation is 2. The van der Waals surface area contributed by atoms with Crippen molar-refractivity contribution in [2.24, 2.45) is 0 Å². The van der Waals surface area contributed by atoms with Gasteiger partial charge in [0, 0.05) is 24.1 Å². The largest absolute Gasteiger partial charge is 0.303 e. The highest BCUT2D eigenvalue weighted by Gasteiger charge is 2.32. The first-order valence-corrected chi connectivity index (χ1v) is 8.86. The predicted molar refractivity (Wildman–Crippen MR) is 108 cm³/mol. The van der Waals surface area contributed by atoms with Crippen molar-refractivity contribution in [3.63, 3.8) is 0 Å². The van der Waals surface area contributed by atoms with Gasteiger partial charge < -0.3 is 4.57 Å². The van der Waals surface area contributed by atoms with Crippen LogP contribution in [0.5, 0.6) is 0 Å². The van der Waals surface area contributed by atoms with E-state index in [0.29, 0.717) is 0 Å². The smallest absolute Gasteiger partial charge is 0.265 e. The zero-order valence-corrected chi connectivity index (χ0v) is 16.3. The highest BCUT2D eigenvalue weighted by Crippen LogP contribution is 2.23. The van der Waals surface area contributed by atoms with Crippen molar-refractivity contribution in [3.8, 4) is 5.82 Å². The van der Waals surface area contributed by atoms with Crippen LogP contribution in [0.15, 0.2) is 42.6 Å². The Morgan fingerprint density at radius 3 is 2.63 bits per heavy atom. The summed E-state index contributed by atoms with van der Waals surface area (Å²) in [7, 11) is 0. The number of nitrogens with zero attached hydrogens (tertiary/aromatic N) is 3. The van der Waals surface area contributed by atoms with E-state index in [9.17, 15) is 9.59 Å². The summed E-state index contributed by atoms with van der Waals surface area (Å²) in [5.41, 5.74) is 3.74. The number of rotatable bonds is 4. The fourth-order valence-electron chi connectivity index (χ4n) is 3.02. The Hall–Kier alpha value is -3.06. The van der Waals surface area contributed by atoms with Crippen molar-refractivity contribution < 1.29 is 9.59 Å². The van der Waals surface area contributed by atoms with Crippen LogP contribution < -0.4 is 5.32 Å². The van der Waals surface area contributed by atoms with Crippen molar-refractivity contribution >= 4 is 35.2 Å². The molecule has 0 unspecified atom stereocenters. The third-order valence-electron chi connectivity index (χ3n) is 4.39. The Morgan fingerprint density at radius 2 is 2.00 bits per heavy atom. The number of hydrogen-bond donors (Lipinski definition) is 1. The number of thiocarbonyl (C=S) groups is 1. The molecule has 0 aromatic carbocycles. The maximum absolute atomic E-state index is 12.7. The molecule has 1 saturated heterocycles. The van der Waals surface area contributed by atoms with Crippen LogP contribution in [0.1, 0.15) is 22.5 Å². The van der Waals surface area contributed by atoms with Crippen molar-refractivity contribution in [1.29, 1.82) is 0 Å². The van der Waals surface area contributed by atoms with Gasteiger partial charge in [0.05, 0.1) is 0 Å². The van der Waals surface area contributed by atoms with Gasteiger partial charge in [-0.2, -0.15) is 0 Å². The second-order valence-corrected chi connectivity index (χ2v) is 6.76. The minimum atomic E-state index is -0.497. The number of carbonyl (C=O) groups excluding carboxylic acids is 2. The molecule has 1 aliphatic heterocycles. The van der Waals surface area contributed by atoms with E-state index in [4.69, 9.17) is 12.2 Å². The third kappa shape index (κ3) is 3.46. The maximum Gasteiger partial charge on any atom is 0.265 e. The van der Waals surface area contributed by atoms with Gasteiger partial charge >= 0.3 is 0 Å². The lowest BCUT2D eigenvalue weighted by Crippen LogP contribution is -2.53. The summed E-state index contributed by atoms with van der Waals surface area (Å²) < 4.78 is 1.99. The lowest BCUT2D eigenvalue weighted by molar-refractivity contribution is -0.128. The third-order valence-corrected chi connectivity index (χ3v) is 4.71. The molecule has 0 saturated carbocycles. The first-order chi connectivity index (χ1) is 12.8. The Kier molecular flexibility index (Phi) is 5.05. The van der Waals surface area contributed by atoms with E-state index in [0.717, 1.165) is 28.3 Å². The summed E-state index contributed by atoms with van der Waals surface area (Å²) in [6, 6.07) is 5.86. The molecule has 138 valence electrons. The lowest BCUT2D eigenvalue weighted by Gasteiger charge is -2.27. The highest BCUT2D eigenvalue weighted by molar-refractivity contribution is 7.80. The van der Waals surface area contributed by atoms with Gasteiger partial charge in [-0.3, -0.25) is 19.8 Å². The molecule has 0 bridgehead atoms. The molecule has 2 aromatic rings. The van der Waals surface area contributed by atoms with Gasteiger partial charge in [-0.25, -0.2) is 4.98 Å². The fourth-order valence-corrected chi connectivity index (χ4v) is 3.27. The van der Waals surface area contributed by atoms with Gasteiger partial charge in [-0.05, 0) is 62.3 Å². The molecule has 0 atom stereocenters. The molecule has 0 spiro atoms. The number of amides is 2. The monoisotopic (exact) mass is 380 g/mol. The van der Waals surface area contributed by atoms with Gasteiger partial charge in [0.25, 0.3) is 11.8 Å². The quantitative estimate of drug-likeness (QED) is 0.383. The fraction of sp³-hybridized carbons (Fsp3) is 0.200. The van der Waals surface area contributed by atoms with Crippen LogP contribution in [0.4, 0.5) is 0 Å². The summed E-state index contributed by atoms with van der Waals surface area (Å²) in [4.78, 5) is 30.8. The molecule has 0 radical (unpaired) electrons. The van der Waals surface area contributed by atoms with Gasteiger partial charge in [0.1, 0.15) is 11.4 Å². The molecule has 1 N–H and O–H groups in total. The van der Waals surface area contributed by atoms with Crippen LogP contribution in [-0.2, 0) is 9.59 Å². The zero-order chi connectivity index (χ0) is 19.7. The van der Waals surface area contributed by atoms with E-state index in [2.05, 4.69) is 16.9 Å². The van der Waals surface area contributed by atoms with Crippen molar-refractivity contribution in [2.75, 3.05) is 6.54 Å². The molecule has 2 amide bonds. The average molecular weight is 380 g/mol. The van der Waals surface area contributed by atoms with Crippen LogP contribution in [-0.4, -0.2) is 37.9 Å². The van der Waals surface area contributed by atoms with E-state index in [1.807, 2.05) is 43.5 Å². The minimum absolute atomic E-state index is 0.0440. The average Bonchev–Trinajstić information content (AvgIpc) is 2.90. The number of pyridine rings is 1. The molecule has 1 aliphatic rings. The normalized spacial score (nSPS) is 16.0. The molecule has 0 aliphatic carbocycles. The minimum Gasteiger partial charge on any atom is -0.303 e. The highest BCUT2D eigenvalue weighted by atomic mass is 32.1. The van der Waals surface area contributed by atoms with Crippen molar-refractivity contribution in [3.05, 3.63) is 65.1 Å². The van der Waals surface area contributed by atoms with Crippen LogP contribution in [0.2, 0.25) is 0 Å². The SMILES string of the molecule is C=CCN1C(=O)/C(=C/c2cc(C)n(-c3ccc(C)cn3)c2C)C(=O)NC1=S. The molecule has 3 rings (SSSR count). The molecule has 1 fully saturated rings. The van der Waals surface area contributed by atoms with Gasteiger partial charge in [-0.1, -0.05) is 12.1 Å². The summed E-state index contributed by atoms with van der Waals surface area (Å²) in [6.07, 6.45) is 4.97. The molecular weight excluding hydrogens is 360 g/mol. The zero-order valence-electron chi connectivity index (χ0n) is 15.4. The van der Waals surface area contributed by atoms with Gasteiger partial charge in [-0.15, -0.1) is 6.58 Å². The number of nitrogens with one attached hydrogen (secondary N) is 1. The summed E-state index contributed by atoms with van der Waals surface area (Å²) in [5.74, 6) is -0.139. The van der Waals surface area contributed by atoms with Crippen molar-refractivity contribution in [1.82, 2.24) is 19.8 Å². The lowest BCUT2D eigenvalue weighted by atomic mass is 10.1. The molecule has 2 aromatic heterocycles. The van der Waals surface area contributed by atoms with Crippen LogP contribution in [0.25, 0.3) is 11.9 Å². The van der Waals surface area contributed by atoms with Gasteiger partial charge in [0.15, 0.2) is 5.11 Å². The molecule has 6 nitrogen and oxygen atoms in total. The standard InChI is InChI=1S/C20H20N4O2S/c1-5-8-23-19(26)16(18(25)22-20(23)27)10-15-9-13(3)24(14(15)4)17-7-6-12(2)11-21-17/h5-7,9-11H,1,8H2,2-4H3,(H,22,25,27)/b16-10+. The number of carbonyl (C=O) groups is 2. The maximum atomic E-state index is 12.7. The Bertz CT molecular complexity index is 986. The van der Waals surface area contributed by atoms with E-state index in [1.54, 1.807) is 18.3 Å². The molecule has 27 heavy (non-hydrogen) atoms. The van der Waals surface area contributed by atoms with E-state index in [1.165, 1.54) is 4.90 Å². The summed E-state index contributed by atoms with van der Waals surface area (Å²) in [6.45, 7) is 9.73. The first kappa shape index (κ1) is 18.7. The Morgan fingerprint density at radius 1 is 1.26 bits per heavy atom. The second kappa shape index (κ2) is 7.28. The molecule has 7 heteroatoms. The molecule has 3 heterocycles. The first-order valence-electron chi connectivity index (χ1n) is 8.45. The molecular formula is C20H20N4O2S. The second-order valence-electron chi connectivity index (χ2n) is 6.38. The predicted octanol–water partition coefficient (Wildman–Crippen LogP) is 2.61. The number of hydrogen-bond acceptors (Lipinski definition) is 4. The van der Waals surface area contributed by atoms with Crippen LogP contribution in [0, 0.1) is 20.8 Å². The van der Waals surface area contributed by atoms with Gasteiger partial charge in [0.2, 0.25) is 0 Å². The van der Waals surface area contributed by atoms with E-state index >= 15 is 0 Å².